The summed E-state index contributed by atoms with van der Waals surface area (Å²) in [7, 11) is 0. The number of likely N-dealkylation sites (tertiary alicyclic amines) is 1. The van der Waals surface area contributed by atoms with Crippen LogP contribution in [-0.4, -0.2) is 53.7 Å². The number of carbonyl (C=O) groups is 1. The highest BCUT2D eigenvalue weighted by molar-refractivity contribution is 5.97. The van der Waals surface area contributed by atoms with Gasteiger partial charge in [0.1, 0.15) is 17.7 Å². The van der Waals surface area contributed by atoms with E-state index in [4.69, 9.17) is 4.74 Å². The molecule has 2 saturated heterocycles. The number of carbonyl (C=O) groups excluding carboxylic acids is 1. The number of ether oxygens (including phenoxy) is 1. The fourth-order valence-corrected chi connectivity index (χ4v) is 4.50. The summed E-state index contributed by atoms with van der Waals surface area (Å²) in [5.41, 5.74) is -1.01. The predicted molar refractivity (Wildman–Crippen MR) is 118 cm³/mol. The second-order valence-corrected chi connectivity index (χ2v) is 8.42. The molecule has 1 aromatic heterocycles. The maximum atomic E-state index is 13.9. The molecule has 0 radical (unpaired) electrons. The van der Waals surface area contributed by atoms with Crippen LogP contribution in [0.5, 0.6) is 0 Å². The lowest BCUT2D eigenvalue weighted by Crippen LogP contribution is -2.62. The average molecular weight is 488 g/mol. The van der Waals surface area contributed by atoms with Gasteiger partial charge in [0.05, 0.1) is 17.7 Å². The van der Waals surface area contributed by atoms with Crippen LogP contribution in [0.3, 0.4) is 0 Å². The summed E-state index contributed by atoms with van der Waals surface area (Å²) in [6.45, 7) is 3.57. The third-order valence-electron chi connectivity index (χ3n) is 6.26. The largest absolute Gasteiger partial charge is 0.419 e. The van der Waals surface area contributed by atoms with Crippen molar-refractivity contribution in [2.24, 2.45) is 0 Å². The van der Waals surface area contributed by atoms with Gasteiger partial charge in [-0.25, -0.2) is 9.37 Å². The number of hydrogen-bond acceptors (Lipinski definition) is 4. The third-order valence-corrected chi connectivity index (χ3v) is 6.26. The predicted octanol–water partition coefficient (Wildman–Crippen LogP) is 4.49. The van der Waals surface area contributed by atoms with Crippen LogP contribution < -0.4 is 4.90 Å². The van der Waals surface area contributed by atoms with Crippen LogP contribution >= 0.6 is 12.4 Å². The fraction of sp³-hybridized carbons (Fsp3) is 0.478. The molecule has 10 heteroatoms. The first-order valence-electron chi connectivity index (χ1n) is 10.7. The number of anilines is 1. The Kier molecular flexibility index (Phi) is 7.65. The van der Waals surface area contributed by atoms with E-state index < -0.39 is 29.4 Å². The summed E-state index contributed by atoms with van der Waals surface area (Å²) in [6.07, 6.45) is -2.52. The van der Waals surface area contributed by atoms with Crippen LogP contribution in [0.2, 0.25) is 0 Å². The van der Waals surface area contributed by atoms with Crippen molar-refractivity contribution >= 4 is 24.1 Å². The molecule has 4 rings (SSSR count). The Hall–Kier alpha value is -2.23. The summed E-state index contributed by atoms with van der Waals surface area (Å²) >= 11 is 0. The van der Waals surface area contributed by atoms with Crippen molar-refractivity contribution in [1.82, 2.24) is 9.88 Å². The lowest BCUT2D eigenvalue weighted by Gasteiger charge is -2.49. The second-order valence-electron chi connectivity index (χ2n) is 8.42. The molecule has 180 valence electrons. The van der Waals surface area contributed by atoms with E-state index in [0.29, 0.717) is 44.5 Å². The molecule has 5 nitrogen and oxygen atoms in total. The number of nitrogens with zero attached hydrogens (tertiary/aromatic N) is 3. The van der Waals surface area contributed by atoms with Crippen LogP contribution in [0.4, 0.5) is 23.4 Å². The Morgan fingerprint density at radius 2 is 1.85 bits per heavy atom. The fourth-order valence-electron chi connectivity index (χ4n) is 4.50. The van der Waals surface area contributed by atoms with Crippen molar-refractivity contribution in [3.05, 3.63) is 59.5 Å². The first kappa shape index (κ1) is 25.4. The standard InChI is InChI=1S/C23H25F4N3O2.ClH/c1-16-21(31)30(20-18(23(25,26)27)6-4-11-28-20)15-22(32-16)9-13-29(14-10-22)12-8-17-5-2-3-7-19(17)24;/h2-7,11,16H,8-10,12-15H2,1H3;1H/t16-;/m1./s1. The van der Waals surface area contributed by atoms with Crippen LogP contribution in [0.1, 0.15) is 30.9 Å². The zero-order chi connectivity index (χ0) is 22.9. The molecular weight excluding hydrogens is 462 g/mol. The molecule has 33 heavy (non-hydrogen) atoms. The number of alkyl halides is 3. The van der Waals surface area contributed by atoms with Crippen LogP contribution in [0, 0.1) is 5.82 Å². The van der Waals surface area contributed by atoms with E-state index in [9.17, 15) is 22.4 Å². The average Bonchev–Trinajstić information content (AvgIpc) is 2.76. The van der Waals surface area contributed by atoms with Crippen molar-refractivity contribution in [2.45, 2.75) is 44.1 Å². The normalized spacial score (nSPS) is 21.2. The zero-order valence-corrected chi connectivity index (χ0v) is 19.0. The SMILES string of the molecule is C[C@H]1OC2(CCN(CCc3ccccc3F)CC2)CN(c2ncccc2C(F)(F)F)C1=O.Cl. The van der Waals surface area contributed by atoms with Gasteiger partial charge in [0.2, 0.25) is 0 Å². The van der Waals surface area contributed by atoms with Crippen molar-refractivity contribution in [1.29, 1.82) is 0 Å². The quantitative estimate of drug-likeness (QED) is 0.596. The summed E-state index contributed by atoms with van der Waals surface area (Å²) in [4.78, 5) is 20.0. The van der Waals surface area contributed by atoms with Crippen molar-refractivity contribution in [2.75, 3.05) is 31.1 Å². The molecular formula is C23H26ClF4N3O2. The van der Waals surface area contributed by atoms with Crippen LogP contribution in [0.25, 0.3) is 0 Å². The Balaban J connectivity index is 0.00000306. The highest BCUT2D eigenvalue weighted by Gasteiger charge is 2.48. The maximum absolute atomic E-state index is 13.9. The van der Waals surface area contributed by atoms with E-state index in [1.165, 1.54) is 18.3 Å². The number of morpholine rings is 1. The van der Waals surface area contributed by atoms with Crippen molar-refractivity contribution < 1.29 is 27.1 Å². The molecule has 0 unspecified atom stereocenters. The first-order valence-corrected chi connectivity index (χ1v) is 10.7. The minimum atomic E-state index is -4.62. The van der Waals surface area contributed by atoms with Gasteiger partial charge < -0.3 is 9.64 Å². The number of benzene rings is 1. The Labute approximate surface area is 196 Å². The highest BCUT2D eigenvalue weighted by Crippen LogP contribution is 2.39. The number of halogens is 5. The van der Waals surface area contributed by atoms with E-state index >= 15 is 0 Å². The number of aromatic nitrogens is 1. The summed E-state index contributed by atoms with van der Waals surface area (Å²) in [5, 5.41) is 0. The molecule has 0 aliphatic carbocycles. The van der Waals surface area contributed by atoms with Crippen molar-refractivity contribution in [3.8, 4) is 0 Å². The molecule has 0 bridgehead atoms. The van der Waals surface area contributed by atoms with Gasteiger partial charge in [0.15, 0.2) is 0 Å². The monoisotopic (exact) mass is 487 g/mol. The molecule has 1 amide bonds. The zero-order valence-electron chi connectivity index (χ0n) is 18.1. The van der Waals surface area contributed by atoms with Gasteiger partial charge >= 0.3 is 6.18 Å². The molecule has 0 saturated carbocycles. The van der Waals surface area contributed by atoms with Crippen LogP contribution in [-0.2, 0) is 22.1 Å². The summed E-state index contributed by atoms with van der Waals surface area (Å²) in [6, 6.07) is 8.82. The molecule has 2 aromatic rings. The minimum absolute atomic E-state index is 0. The number of hydrogen-bond donors (Lipinski definition) is 0. The maximum Gasteiger partial charge on any atom is 0.419 e. The van der Waals surface area contributed by atoms with Gasteiger partial charge in [-0.1, -0.05) is 18.2 Å². The highest BCUT2D eigenvalue weighted by atomic mass is 35.5. The van der Waals surface area contributed by atoms with E-state index in [1.54, 1.807) is 25.1 Å². The van der Waals surface area contributed by atoms with E-state index in [1.807, 2.05) is 0 Å². The third kappa shape index (κ3) is 5.47. The lowest BCUT2D eigenvalue weighted by molar-refractivity contribution is -0.162. The topological polar surface area (TPSA) is 45.7 Å². The van der Waals surface area contributed by atoms with Crippen LogP contribution in [0.15, 0.2) is 42.6 Å². The molecule has 1 atom stereocenters. The minimum Gasteiger partial charge on any atom is -0.360 e. The number of rotatable bonds is 4. The molecule has 2 aliphatic rings. The van der Waals surface area contributed by atoms with Gasteiger partial charge in [0, 0.05) is 25.8 Å². The number of pyridine rings is 1. The lowest BCUT2D eigenvalue weighted by atomic mass is 9.88. The number of piperidine rings is 1. The second kappa shape index (κ2) is 9.95. The van der Waals surface area contributed by atoms with Crippen molar-refractivity contribution in [3.63, 3.8) is 0 Å². The molecule has 0 N–H and O–H groups in total. The van der Waals surface area contributed by atoms with Gasteiger partial charge in [-0.2, -0.15) is 13.2 Å². The Morgan fingerprint density at radius 3 is 2.52 bits per heavy atom. The molecule has 2 fully saturated rings. The summed E-state index contributed by atoms with van der Waals surface area (Å²) in [5.74, 6) is -1.13. The molecule has 3 heterocycles. The first-order chi connectivity index (χ1) is 15.2. The van der Waals surface area contributed by atoms with E-state index in [2.05, 4.69) is 9.88 Å². The number of amides is 1. The molecule has 2 aliphatic heterocycles. The smallest absolute Gasteiger partial charge is 0.360 e. The van der Waals surface area contributed by atoms with Gasteiger partial charge in [-0.15, -0.1) is 12.4 Å². The molecule has 1 spiro atoms. The Bertz CT molecular complexity index is 980. The summed E-state index contributed by atoms with van der Waals surface area (Å²) < 4.78 is 60.5. The van der Waals surface area contributed by atoms with E-state index in [0.717, 1.165) is 11.0 Å². The van der Waals surface area contributed by atoms with E-state index in [-0.39, 0.29) is 30.6 Å². The molecule has 1 aromatic carbocycles. The van der Waals surface area contributed by atoms with Gasteiger partial charge in [-0.3, -0.25) is 9.69 Å². The van der Waals surface area contributed by atoms with Gasteiger partial charge in [0.25, 0.3) is 5.91 Å². The Morgan fingerprint density at radius 1 is 1.15 bits per heavy atom. The van der Waals surface area contributed by atoms with Gasteiger partial charge in [-0.05, 0) is 49.9 Å².